The Morgan fingerprint density at radius 1 is 1.17 bits per heavy atom. The van der Waals surface area contributed by atoms with Crippen molar-refractivity contribution in [1.82, 2.24) is 15.3 Å². The van der Waals surface area contributed by atoms with E-state index in [-0.39, 0.29) is 11.9 Å². The highest BCUT2D eigenvalue weighted by Crippen LogP contribution is 2.35. The highest BCUT2D eigenvalue weighted by Gasteiger charge is 2.28. The van der Waals surface area contributed by atoms with Gasteiger partial charge in [0.05, 0.1) is 6.04 Å². The topological polar surface area (TPSA) is 106 Å². The quantitative estimate of drug-likeness (QED) is 0.231. The molecule has 2 aromatic carbocycles. The maximum absolute atomic E-state index is 13.3. The van der Waals surface area contributed by atoms with Gasteiger partial charge in [-0.25, -0.2) is 19.0 Å². The summed E-state index contributed by atoms with van der Waals surface area (Å²) in [5, 5.41) is 5.77. The number of aromatic nitrogens is 2. The molecule has 0 bridgehead atoms. The molecule has 4 rings (SSSR count). The van der Waals surface area contributed by atoms with Crippen LogP contribution in [-0.4, -0.2) is 52.2 Å². The second-order valence-corrected chi connectivity index (χ2v) is 11.7. The predicted molar refractivity (Wildman–Crippen MR) is 159 cm³/mol. The van der Waals surface area contributed by atoms with Crippen LogP contribution in [0.25, 0.3) is 0 Å². The van der Waals surface area contributed by atoms with Gasteiger partial charge < -0.3 is 25.0 Å². The van der Waals surface area contributed by atoms with E-state index in [4.69, 9.17) is 9.47 Å². The van der Waals surface area contributed by atoms with E-state index in [2.05, 4.69) is 32.4 Å². The fourth-order valence-electron chi connectivity index (χ4n) is 4.52. The maximum atomic E-state index is 13.3. The number of ether oxygens (including phenoxy) is 2. The molecule has 0 spiro atoms. The lowest BCUT2D eigenvalue weighted by Gasteiger charge is -2.36. The number of rotatable bonds is 9. The molecule has 0 saturated heterocycles. The first-order valence-corrected chi connectivity index (χ1v) is 14.9. The van der Waals surface area contributed by atoms with Crippen LogP contribution >= 0.6 is 11.8 Å². The zero-order valence-electron chi connectivity index (χ0n) is 23.9. The number of alkyl carbamates (subject to hydrolysis) is 1. The SMILES string of the molecule is CSCCC(NC(=O)OC(C)(C)C)C(=O)Oc1ccc2c(c1)C(C)N(c1ccnc(Nc3ccc(F)cc3)n1)CC2. The minimum absolute atomic E-state index is 0.0573. The largest absolute Gasteiger partial charge is 0.444 e. The monoisotopic (exact) mass is 581 g/mol. The number of nitrogens with one attached hydrogen (secondary N) is 2. The normalized spacial score (nSPS) is 15.5. The van der Waals surface area contributed by atoms with Gasteiger partial charge >= 0.3 is 12.1 Å². The van der Waals surface area contributed by atoms with Crippen molar-refractivity contribution in [2.45, 2.75) is 58.2 Å². The fraction of sp³-hybridized carbons (Fsp3) is 0.400. The average molecular weight is 582 g/mol. The van der Waals surface area contributed by atoms with Gasteiger partial charge in [0.25, 0.3) is 0 Å². The number of thioether (sulfide) groups is 1. The number of anilines is 3. The van der Waals surface area contributed by atoms with Crippen LogP contribution in [0.15, 0.2) is 54.7 Å². The predicted octanol–water partition coefficient (Wildman–Crippen LogP) is 6.03. The Bertz CT molecular complexity index is 1370. The number of fused-ring (bicyclic) bond motifs is 1. The van der Waals surface area contributed by atoms with E-state index in [1.165, 1.54) is 12.1 Å². The lowest BCUT2D eigenvalue weighted by Crippen LogP contribution is -2.45. The van der Waals surface area contributed by atoms with Crippen molar-refractivity contribution in [1.29, 1.82) is 0 Å². The van der Waals surface area contributed by atoms with Crippen molar-refractivity contribution in [2.75, 3.05) is 28.8 Å². The number of halogens is 1. The van der Waals surface area contributed by atoms with Gasteiger partial charge in [0.1, 0.15) is 29.0 Å². The van der Waals surface area contributed by atoms with Crippen LogP contribution in [0.5, 0.6) is 5.75 Å². The van der Waals surface area contributed by atoms with E-state index >= 15 is 0 Å². The summed E-state index contributed by atoms with van der Waals surface area (Å²) >= 11 is 1.58. The summed E-state index contributed by atoms with van der Waals surface area (Å²) in [5.41, 5.74) is 2.19. The summed E-state index contributed by atoms with van der Waals surface area (Å²) < 4.78 is 24.4. The van der Waals surface area contributed by atoms with Crippen molar-refractivity contribution < 1.29 is 23.5 Å². The van der Waals surface area contributed by atoms with E-state index < -0.39 is 23.7 Å². The van der Waals surface area contributed by atoms with Gasteiger partial charge in [0, 0.05) is 18.4 Å². The maximum Gasteiger partial charge on any atom is 0.408 e. The van der Waals surface area contributed by atoms with E-state index in [1.807, 2.05) is 24.5 Å². The molecule has 2 N–H and O–H groups in total. The summed E-state index contributed by atoms with van der Waals surface area (Å²) in [6.45, 7) is 8.12. The van der Waals surface area contributed by atoms with Gasteiger partial charge in [0.2, 0.25) is 5.95 Å². The van der Waals surface area contributed by atoms with Crippen molar-refractivity contribution in [3.05, 3.63) is 71.7 Å². The molecule has 1 amide bonds. The number of esters is 1. The molecule has 41 heavy (non-hydrogen) atoms. The number of nitrogens with zero attached hydrogens (tertiary/aromatic N) is 3. The standard InChI is InChI=1S/C30H36FN5O4S/c1-19-24-18-23(39-27(37)25(14-17-41-5)34-29(38)40-30(2,3)4)11-6-20(24)13-16-36(19)26-12-15-32-28(35-26)33-22-9-7-21(31)8-10-22/h6-12,15,18-19,25H,13-14,16-17H2,1-5H3,(H,34,38)(H,32,33,35). The third kappa shape index (κ3) is 8.32. The number of amides is 1. The van der Waals surface area contributed by atoms with E-state index in [1.54, 1.807) is 56.9 Å². The Morgan fingerprint density at radius 2 is 1.93 bits per heavy atom. The first-order valence-electron chi connectivity index (χ1n) is 13.5. The van der Waals surface area contributed by atoms with Crippen LogP contribution in [0.1, 0.15) is 51.3 Å². The second-order valence-electron chi connectivity index (χ2n) is 10.8. The second kappa shape index (κ2) is 13.2. The first-order chi connectivity index (χ1) is 19.5. The minimum Gasteiger partial charge on any atom is -0.444 e. The Labute approximate surface area is 244 Å². The van der Waals surface area contributed by atoms with Gasteiger partial charge in [-0.1, -0.05) is 6.07 Å². The summed E-state index contributed by atoms with van der Waals surface area (Å²) in [4.78, 5) is 36.6. The number of carbonyl (C=O) groups is 2. The van der Waals surface area contributed by atoms with E-state index in [9.17, 15) is 14.0 Å². The summed E-state index contributed by atoms with van der Waals surface area (Å²) in [7, 11) is 0. The molecule has 1 aliphatic rings. The molecule has 9 nitrogen and oxygen atoms in total. The summed E-state index contributed by atoms with van der Waals surface area (Å²) in [5.74, 6) is 1.36. The molecule has 3 aromatic rings. The van der Waals surface area contributed by atoms with Crippen molar-refractivity contribution in [3.8, 4) is 5.75 Å². The van der Waals surface area contributed by atoms with Crippen LogP contribution in [0, 0.1) is 5.82 Å². The molecule has 0 saturated carbocycles. The Hall–Kier alpha value is -3.86. The zero-order valence-corrected chi connectivity index (χ0v) is 24.8. The molecule has 1 aliphatic heterocycles. The Balaban J connectivity index is 1.47. The fourth-order valence-corrected chi connectivity index (χ4v) is 4.99. The van der Waals surface area contributed by atoms with E-state index in [0.29, 0.717) is 29.6 Å². The lowest BCUT2D eigenvalue weighted by molar-refractivity contribution is -0.136. The van der Waals surface area contributed by atoms with Crippen LogP contribution in [0.2, 0.25) is 0 Å². The van der Waals surface area contributed by atoms with Gasteiger partial charge in [-0.3, -0.25) is 0 Å². The van der Waals surface area contributed by atoms with Crippen molar-refractivity contribution in [2.24, 2.45) is 0 Å². The molecule has 1 aromatic heterocycles. The first kappa shape index (κ1) is 30.1. The Morgan fingerprint density at radius 3 is 2.63 bits per heavy atom. The summed E-state index contributed by atoms with van der Waals surface area (Å²) in [6, 6.07) is 12.6. The molecule has 2 atom stereocenters. The van der Waals surface area contributed by atoms with Crippen molar-refractivity contribution in [3.63, 3.8) is 0 Å². The molecular formula is C30H36FN5O4S. The van der Waals surface area contributed by atoms with Crippen LogP contribution in [0.3, 0.4) is 0 Å². The van der Waals surface area contributed by atoms with Crippen LogP contribution in [-0.2, 0) is 16.0 Å². The molecule has 0 radical (unpaired) electrons. The van der Waals surface area contributed by atoms with E-state index in [0.717, 1.165) is 29.9 Å². The molecular weight excluding hydrogens is 545 g/mol. The third-order valence-electron chi connectivity index (χ3n) is 6.50. The molecule has 2 unspecified atom stereocenters. The average Bonchev–Trinajstić information content (AvgIpc) is 2.92. The molecule has 0 fully saturated rings. The van der Waals surface area contributed by atoms with Crippen molar-refractivity contribution >= 4 is 41.3 Å². The number of carbonyl (C=O) groups excluding carboxylic acids is 2. The number of hydrogen-bond donors (Lipinski definition) is 2. The molecule has 0 aliphatic carbocycles. The van der Waals surface area contributed by atoms with Gasteiger partial charge in [0.15, 0.2) is 0 Å². The Kier molecular flexibility index (Phi) is 9.69. The third-order valence-corrected chi connectivity index (χ3v) is 7.14. The zero-order chi connectivity index (χ0) is 29.6. The number of hydrogen-bond acceptors (Lipinski definition) is 9. The molecule has 218 valence electrons. The van der Waals surface area contributed by atoms with Gasteiger partial charge in [-0.05, 0) is 106 Å². The van der Waals surface area contributed by atoms with Crippen LogP contribution in [0.4, 0.5) is 26.6 Å². The summed E-state index contributed by atoms with van der Waals surface area (Å²) in [6.07, 6.45) is 4.16. The smallest absolute Gasteiger partial charge is 0.408 e. The molecule has 11 heteroatoms. The minimum atomic E-state index is -0.838. The van der Waals surface area contributed by atoms with Gasteiger partial charge in [-0.15, -0.1) is 0 Å². The number of benzene rings is 2. The van der Waals surface area contributed by atoms with Crippen LogP contribution < -0.4 is 20.3 Å². The van der Waals surface area contributed by atoms with Gasteiger partial charge in [-0.2, -0.15) is 16.7 Å². The lowest BCUT2D eigenvalue weighted by atomic mass is 9.93. The highest BCUT2D eigenvalue weighted by molar-refractivity contribution is 7.98. The molecule has 2 heterocycles. The highest BCUT2D eigenvalue weighted by atomic mass is 32.2.